The second kappa shape index (κ2) is 6.73. The Morgan fingerprint density at radius 2 is 2.23 bits per heavy atom. The van der Waals surface area contributed by atoms with Crippen molar-refractivity contribution in [3.63, 3.8) is 0 Å². The van der Waals surface area contributed by atoms with E-state index in [0.29, 0.717) is 22.2 Å². The Labute approximate surface area is 139 Å². The molecule has 6 heteroatoms. The summed E-state index contributed by atoms with van der Waals surface area (Å²) in [5.41, 5.74) is 1.25. The number of amides is 1. The molecule has 0 aromatic heterocycles. The van der Waals surface area contributed by atoms with Gasteiger partial charge in [-0.15, -0.1) is 0 Å². The third-order valence-electron chi connectivity index (χ3n) is 3.80. The molecule has 0 radical (unpaired) electrons. The van der Waals surface area contributed by atoms with E-state index in [1.165, 1.54) is 0 Å². The van der Waals surface area contributed by atoms with Gasteiger partial charge in [0.1, 0.15) is 6.61 Å². The normalized spacial score (nSPS) is 20.5. The van der Waals surface area contributed by atoms with Gasteiger partial charge in [0.2, 0.25) is 0 Å². The largest absolute Gasteiger partial charge is 0.497 e. The standard InChI is InChI=1S/C16H16Cl2N2O2/c17-14-3-1-2-13(15(14)18)16(21)20(12-4-7-19-10-12)11-5-8-22-9-6-11/h1-3,5-6,8,12,19H,4,7,9-10H2. The lowest BCUT2D eigenvalue weighted by molar-refractivity contribution is 0.0760. The van der Waals surface area contributed by atoms with Crippen molar-refractivity contribution in [3.8, 4) is 0 Å². The van der Waals surface area contributed by atoms with E-state index in [0.717, 1.165) is 25.2 Å². The van der Waals surface area contributed by atoms with Gasteiger partial charge in [-0.3, -0.25) is 4.79 Å². The fraction of sp³-hybridized carbons (Fsp3) is 0.312. The molecule has 4 nitrogen and oxygen atoms in total. The van der Waals surface area contributed by atoms with Crippen LogP contribution in [0.2, 0.25) is 10.0 Å². The third-order valence-corrected chi connectivity index (χ3v) is 4.62. The molecule has 1 fully saturated rings. The Bertz CT molecular complexity index is 637. The summed E-state index contributed by atoms with van der Waals surface area (Å²) < 4.78 is 5.18. The van der Waals surface area contributed by atoms with Gasteiger partial charge in [0.05, 0.1) is 27.9 Å². The summed E-state index contributed by atoms with van der Waals surface area (Å²) in [5, 5.41) is 3.96. The average Bonchev–Trinajstić information content (AvgIpc) is 3.05. The van der Waals surface area contributed by atoms with Crippen molar-refractivity contribution in [2.75, 3.05) is 19.7 Å². The van der Waals surface area contributed by atoms with E-state index in [9.17, 15) is 4.79 Å². The summed E-state index contributed by atoms with van der Waals surface area (Å²) in [6.07, 6.45) is 6.21. The molecule has 0 bridgehead atoms. The van der Waals surface area contributed by atoms with Gasteiger partial charge >= 0.3 is 0 Å². The molecule has 1 N–H and O–H groups in total. The Morgan fingerprint density at radius 3 is 2.91 bits per heavy atom. The summed E-state index contributed by atoms with van der Waals surface area (Å²) in [4.78, 5) is 14.8. The first kappa shape index (κ1) is 15.4. The molecule has 0 aliphatic carbocycles. The highest BCUT2D eigenvalue weighted by atomic mass is 35.5. The van der Waals surface area contributed by atoms with Gasteiger partial charge in [0.25, 0.3) is 5.91 Å². The van der Waals surface area contributed by atoms with Gasteiger partial charge in [-0.25, -0.2) is 0 Å². The molecule has 2 aliphatic rings. The summed E-state index contributed by atoms with van der Waals surface area (Å²) in [5.74, 6) is -0.140. The Hall–Kier alpha value is -1.49. The highest BCUT2D eigenvalue weighted by molar-refractivity contribution is 6.43. The molecule has 1 aromatic rings. The lowest BCUT2D eigenvalue weighted by Crippen LogP contribution is -2.41. The number of allylic oxidation sites excluding steroid dienone is 1. The maximum Gasteiger partial charge on any atom is 0.260 e. The van der Waals surface area contributed by atoms with Crippen LogP contribution >= 0.6 is 23.2 Å². The first-order valence-corrected chi connectivity index (χ1v) is 7.90. The number of carbonyl (C=O) groups is 1. The third kappa shape index (κ3) is 3.00. The van der Waals surface area contributed by atoms with Crippen LogP contribution in [0.25, 0.3) is 0 Å². The summed E-state index contributed by atoms with van der Waals surface area (Å²) in [7, 11) is 0. The van der Waals surface area contributed by atoms with Gasteiger partial charge in [0, 0.05) is 12.2 Å². The van der Waals surface area contributed by atoms with Crippen LogP contribution < -0.4 is 5.32 Å². The molecular weight excluding hydrogens is 323 g/mol. The highest BCUT2D eigenvalue weighted by Crippen LogP contribution is 2.29. The molecule has 22 heavy (non-hydrogen) atoms. The van der Waals surface area contributed by atoms with Crippen LogP contribution in [-0.4, -0.2) is 36.5 Å². The molecule has 0 saturated carbocycles. The number of hydrogen-bond acceptors (Lipinski definition) is 3. The van der Waals surface area contributed by atoms with Gasteiger partial charge in [0.15, 0.2) is 0 Å². The van der Waals surface area contributed by atoms with Gasteiger partial charge < -0.3 is 15.0 Å². The summed E-state index contributed by atoms with van der Waals surface area (Å²) in [6.45, 7) is 2.11. The average molecular weight is 339 g/mol. The second-order valence-electron chi connectivity index (χ2n) is 5.19. The van der Waals surface area contributed by atoms with Crippen LogP contribution in [-0.2, 0) is 4.74 Å². The number of hydrogen-bond donors (Lipinski definition) is 1. The first-order valence-electron chi connectivity index (χ1n) is 7.15. The van der Waals surface area contributed by atoms with E-state index < -0.39 is 0 Å². The fourth-order valence-corrected chi connectivity index (χ4v) is 3.09. The van der Waals surface area contributed by atoms with Gasteiger partial charge in [-0.1, -0.05) is 29.3 Å². The van der Waals surface area contributed by atoms with E-state index in [1.807, 2.05) is 6.08 Å². The van der Waals surface area contributed by atoms with E-state index in [4.69, 9.17) is 27.9 Å². The molecule has 1 saturated heterocycles. The van der Waals surface area contributed by atoms with Crippen LogP contribution in [0.5, 0.6) is 0 Å². The Kier molecular flexibility index (Phi) is 4.71. The number of benzene rings is 1. The molecule has 1 unspecified atom stereocenters. The molecule has 2 aliphatic heterocycles. The van der Waals surface area contributed by atoms with Crippen LogP contribution in [0.3, 0.4) is 0 Å². The van der Waals surface area contributed by atoms with Crippen molar-refractivity contribution in [3.05, 3.63) is 57.9 Å². The van der Waals surface area contributed by atoms with Crippen molar-refractivity contribution in [2.45, 2.75) is 12.5 Å². The summed E-state index contributed by atoms with van der Waals surface area (Å²) in [6, 6.07) is 5.21. The molecule has 116 valence electrons. The number of carbonyl (C=O) groups excluding carboxylic acids is 1. The fourth-order valence-electron chi connectivity index (χ4n) is 2.71. The Balaban J connectivity index is 1.97. The van der Waals surface area contributed by atoms with Crippen LogP contribution in [0.1, 0.15) is 16.8 Å². The van der Waals surface area contributed by atoms with Crippen LogP contribution in [0.4, 0.5) is 0 Å². The number of halogens is 2. The summed E-state index contributed by atoms with van der Waals surface area (Å²) >= 11 is 12.3. The molecule has 2 heterocycles. The van der Waals surface area contributed by atoms with Gasteiger partial charge in [-0.2, -0.15) is 0 Å². The minimum absolute atomic E-state index is 0.0940. The molecular formula is C16H16Cl2N2O2. The van der Waals surface area contributed by atoms with Crippen LogP contribution in [0.15, 0.2) is 42.3 Å². The maximum atomic E-state index is 13.0. The zero-order valence-electron chi connectivity index (χ0n) is 11.9. The number of rotatable bonds is 3. The number of ether oxygens (including phenoxy) is 1. The maximum absolute atomic E-state index is 13.0. The molecule has 1 aromatic carbocycles. The van der Waals surface area contributed by atoms with E-state index in [2.05, 4.69) is 5.32 Å². The van der Waals surface area contributed by atoms with E-state index in [1.54, 1.807) is 35.4 Å². The highest BCUT2D eigenvalue weighted by Gasteiger charge is 2.31. The predicted molar refractivity (Wildman–Crippen MR) is 87.1 cm³/mol. The monoisotopic (exact) mass is 338 g/mol. The zero-order valence-corrected chi connectivity index (χ0v) is 13.4. The Morgan fingerprint density at radius 1 is 1.36 bits per heavy atom. The minimum atomic E-state index is -0.140. The molecule has 0 spiro atoms. The van der Waals surface area contributed by atoms with Crippen molar-refractivity contribution in [1.29, 1.82) is 0 Å². The van der Waals surface area contributed by atoms with Crippen molar-refractivity contribution in [2.24, 2.45) is 0 Å². The van der Waals surface area contributed by atoms with Gasteiger partial charge in [-0.05, 0) is 37.3 Å². The number of nitrogens with one attached hydrogen (secondary N) is 1. The van der Waals surface area contributed by atoms with Crippen molar-refractivity contribution < 1.29 is 9.53 Å². The topological polar surface area (TPSA) is 41.6 Å². The minimum Gasteiger partial charge on any atom is -0.497 e. The second-order valence-corrected chi connectivity index (χ2v) is 5.97. The molecule has 3 rings (SSSR count). The lowest BCUT2D eigenvalue weighted by Gasteiger charge is -2.31. The van der Waals surface area contributed by atoms with Crippen LogP contribution in [0, 0.1) is 0 Å². The SMILES string of the molecule is O=C(c1cccc(Cl)c1Cl)N(C1=CCOC=C1)C1CCNC1. The predicted octanol–water partition coefficient (Wildman–Crippen LogP) is 3.23. The first-order chi connectivity index (χ1) is 10.7. The van der Waals surface area contributed by atoms with Crippen molar-refractivity contribution in [1.82, 2.24) is 10.2 Å². The number of nitrogens with zero attached hydrogens (tertiary/aromatic N) is 1. The van der Waals surface area contributed by atoms with E-state index >= 15 is 0 Å². The molecule has 1 atom stereocenters. The zero-order chi connectivity index (χ0) is 15.5. The van der Waals surface area contributed by atoms with E-state index in [-0.39, 0.29) is 11.9 Å². The van der Waals surface area contributed by atoms with Crippen molar-refractivity contribution >= 4 is 29.1 Å². The lowest BCUT2D eigenvalue weighted by atomic mass is 10.1. The quantitative estimate of drug-likeness (QED) is 0.919. The smallest absolute Gasteiger partial charge is 0.260 e. The molecule has 1 amide bonds.